The summed E-state index contributed by atoms with van der Waals surface area (Å²) in [5, 5.41) is 10.2. The number of hydrogen-bond acceptors (Lipinski definition) is 4. The number of aryl methyl sites for hydroxylation is 2. The van der Waals surface area contributed by atoms with Crippen molar-refractivity contribution in [1.29, 1.82) is 0 Å². The zero-order chi connectivity index (χ0) is 18.5. The number of pyridine rings is 1. The Labute approximate surface area is 152 Å². The number of unbranched alkanes of at least 4 members (excludes halogenated alkanes) is 1. The van der Waals surface area contributed by atoms with Gasteiger partial charge in [-0.15, -0.1) is 0 Å². The van der Waals surface area contributed by atoms with Crippen LogP contribution in [0.1, 0.15) is 42.4 Å². The van der Waals surface area contributed by atoms with Crippen molar-refractivity contribution in [2.24, 2.45) is 0 Å². The van der Waals surface area contributed by atoms with Crippen molar-refractivity contribution < 1.29 is 5.11 Å². The molecule has 0 bridgehead atoms. The predicted molar refractivity (Wildman–Crippen MR) is 102 cm³/mol. The van der Waals surface area contributed by atoms with E-state index in [9.17, 15) is 9.90 Å². The van der Waals surface area contributed by atoms with Crippen molar-refractivity contribution in [3.8, 4) is 17.0 Å². The van der Waals surface area contributed by atoms with Gasteiger partial charge in [-0.2, -0.15) is 0 Å². The van der Waals surface area contributed by atoms with Gasteiger partial charge in [0.05, 0.1) is 5.56 Å². The van der Waals surface area contributed by atoms with E-state index < -0.39 is 0 Å². The first-order valence-corrected chi connectivity index (χ1v) is 8.90. The molecule has 0 aliphatic heterocycles. The number of aromatic hydroxyl groups is 1. The Morgan fingerprint density at radius 2 is 2.04 bits per heavy atom. The van der Waals surface area contributed by atoms with Gasteiger partial charge in [-0.1, -0.05) is 43.7 Å². The quantitative estimate of drug-likeness (QED) is 0.710. The molecule has 0 atom stereocenters. The molecule has 0 aliphatic rings. The van der Waals surface area contributed by atoms with E-state index >= 15 is 0 Å². The van der Waals surface area contributed by atoms with Gasteiger partial charge < -0.3 is 10.1 Å². The highest BCUT2D eigenvalue weighted by molar-refractivity contribution is 5.66. The Bertz CT molecular complexity index is 963. The number of hydrogen-bond donors (Lipinski definition) is 2. The first-order chi connectivity index (χ1) is 12.6. The van der Waals surface area contributed by atoms with E-state index in [1.54, 1.807) is 6.20 Å². The molecule has 3 aromatic rings. The van der Waals surface area contributed by atoms with E-state index in [0.29, 0.717) is 24.2 Å². The van der Waals surface area contributed by atoms with Gasteiger partial charge in [-0.25, -0.2) is 4.98 Å². The normalized spacial score (nSPS) is 10.8. The van der Waals surface area contributed by atoms with E-state index in [1.807, 2.05) is 43.3 Å². The second-order valence-electron chi connectivity index (χ2n) is 6.43. The zero-order valence-electron chi connectivity index (χ0n) is 15.1. The molecule has 0 fully saturated rings. The Balaban J connectivity index is 1.89. The molecule has 1 aromatic carbocycles. The smallest absolute Gasteiger partial charge is 0.258 e. The highest BCUT2D eigenvalue weighted by Crippen LogP contribution is 2.24. The molecule has 5 nitrogen and oxygen atoms in total. The molecule has 0 saturated heterocycles. The van der Waals surface area contributed by atoms with E-state index in [0.717, 1.165) is 35.2 Å². The van der Waals surface area contributed by atoms with E-state index in [4.69, 9.17) is 0 Å². The van der Waals surface area contributed by atoms with Crippen LogP contribution in [-0.2, 0) is 12.8 Å². The molecular formula is C21H23N3O2. The largest absolute Gasteiger partial charge is 0.493 e. The molecule has 2 heterocycles. The molecule has 3 rings (SSSR count). The van der Waals surface area contributed by atoms with Crippen molar-refractivity contribution in [2.75, 3.05) is 0 Å². The van der Waals surface area contributed by atoms with Crippen molar-refractivity contribution in [1.82, 2.24) is 15.0 Å². The van der Waals surface area contributed by atoms with Gasteiger partial charge in [-0.3, -0.25) is 9.78 Å². The van der Waals surface area contributed by atoms with Gasteiger partial charge in [0.15, 0.2) is 0 Å². The highest BCUT2D eigenvalue weighted by atomic mass is 16.3. The first-order valence-electron chi connectivity index (χ1n) is 8.90. The predicted octanol–water partition coefficient (Wildman–Crippen LogP) is 3.78. The van der Waals surface area contributed by atoms with Gasteiger partial charge in [-0.05, 0) is 30.5 Å². The maximum Gasteiger partial charge on any atom is 0.258 e. The van der Waals surface area contributed by atoms with Crippen LogP contribution >= 0.6 is 0 Å². The average Bonchev–Trinajstić information content (AvgIpc) is 2.63. The molecule has 2 aromatic heterocycles. The van der Waals surface area contributed by atoms with Gasteiger partial charge in [0.2, 0.25) is 5.88 Å². The minimum absolute atomic E-state index is 0.178. The second kappa shape index (κ2) is 7.95. The molecular weight excluding hydrogens is 326 g/mol. The lowest BCUT2D eigenvalue weighted by Gasteiger charge is -2.09. The Hall–Kier alpha value is -2.95. The van der Waals surface area contributed by atoms with Crippen LogP contribution in [0, 0.1) is 6.92 Å². The Morgan fingerprint density at radius 1 is 1.19 bits per heavy atom. The number of H-pyrrole nitrogens is 1. The molecule has 0 aliphatic carbocycles. The summed E-state index contributed by atoms with van der Waals surface area (Å²) >= 11 is 0. The van der Waals surface area contributed by atoms with Gasteiger partial charge in [0.25, 0.3) is 5.56 Å². The average molecular weight is 349 g/mol. The summed E-state index contributed by atoms with van der Waals surface area (Å²) in [5.74, 6) is 0.362. The number of benzene rings is 1. The third-order valence-electron chi connectivity index (χ3n) is 4.44. The summed E-state index contributed by atoms with van der Waals surface area (Å²) < 4.78 is 0. The SMILES string of the molecule is CCCCc1nc(O)c(Cc2cccc(-c3cccnc3C)c2)c(=O)[nH]1. The van der Waals surface area contributed by atoms with E-state index in [1.165, 1.54) is 0 Å². The summed E-state index contributed by atoms with van der Waals surface area (Å²) in [6, 6.07) is 11.9. The van der Waals surface area contributed by atoms with Gasteiger partial charge in [0, 0.05) is 30.3 Å². The summed E-state index contributed by atoms with van der Waals surface area (Å²) in [4.78, 5) is 23.6. The zero-order valence-corrected chi connectivity index (χ0v) is 15.1. The molecule has 0 unspecified atom stereocenters. The second-order valence-corrected chi connectivity index (χ2v) is 6.43. The lowest BCUT2D eigenvalue weighted by Crippen LogP contribution is -2.17. The fourth-order valence-electron chi connectivity index (χ4n) is 3.00. The third kappa shape index (κ3) is 3.99. The van der Waals surface area contributed by atoms with Crippen LogP contribution in [-0.4, -0.2) is 20.1 Å². The van der Waals surface area contributed by atoms with Crippen molar-refractivity contribution in [2.45, 2.75) is 39.5 Å². The molecule has 0 amide bonds. The van der Waals surface area contributed by atoms with Crippen LogP contribution in [0.3, 0.4) is 0 Å². The highest BCUT2D eigenvalue weighted by Gasteiger charge is 2.12. The van der Waals surface area contributed by atoms with Crippen LogP contribution in [0.25, 0.3) is 11.1 Å². The molecule has 2 N–H and O–H groups in total. The fourth-order valence-corrected chi connectivity index (χ4v) is 3.00. The van der Waals surface area contributed by atoms with Crippen LogP contribution in [0.4, 0.5) is 0 Å². The molecule has 5 heteroatoms. The number of rotatable bonds is 6. The summed E-state index contributed by atoms with van der Waals surface area (Å²) in [7, 11) is 0. The third-order valence-corrected chi connectivity index (χ3v) is 4.44. The lowest BCUT2D eigenvalue weighted by atomic mass is 9.99. The maximum atomic E-state index is 12.4. The molecule has 134 valence electrons. The molecule has 0 spiro atoms. The summed E-state index contributed by atoms with van der Waals surface area (Å²) in [6.45, 7) is 4.04. The van der Waals surface area contributed by atoms with E-state index in [2.05, 4.69) is 21.9 Å². The molecule has 0 saturated carbocycles. The van der Waals surface area contributed by atoms with Crippen LogP contribution in [0.2, 0.25) is 0 Å². The number of aromatic nitrogens is 3. The van der Waals surface area contributed by atoms with Gasteiger partial charge in [0.1, 0.15) is 5.82 Å². The topological polar surface area (TPSA) is 78.9 Å². The number of nitrogens with one attached hydrogen (secondary N) is 1. The Kier molecular flexibility index (Phi) is 5.46. The number of aromatic amines is 1. The standard InChI is InChI=1S/C21H23N3O2/c1-3-4-10-19-23-20(25)18(21(26)24-19)13-15-7-5-8-16(12-15)17-9-6-11-22-14(17)2/h5-9,11-12H,3-4,10,13H2,1-2H3,(H2,23,24,25,26). The van der Waals surface area contributed by atoms with Crippen LogP contribution < -0.4 is 5.56 Å². The minimum atomic E-state index is -0.272. The minimum Gasteiger partial charge on any atom is -0.493 e. The number of nitrogens with zero attached hydrogens (tertiary/aromatic N) is 2. The van der Waals surface area contributed by atoms with Crippen LogP contribution in [0.15, 0.2) is 47.4 Å². The first kappa shape index (κ1) is 17.9. The van der Waals surface area contributed by atoms with Crippen LogP contribution in [0.5, 0.6) is 5.88 Å². The molecule has 26 heavy (non-hydrogen) atoms. The Morgan fingerprint density at radius 3 is 2.77 bits per heavy atom. The fraction of sp³-hybridized carbons (Fsp3) is 0.286. The van der Waals surface area contributed by atoms with Gasteiger partial charge >= 0.3 is 0 Å². The monoisotopic (exact) mass is 349 g/mol. The van der Waals surface area contributed by atoms with E-state index in [-0.39, 0.29) is 11.4 Å². The lowest BCUT2D eigenvalue weighted by molar-refractivity contribution is 0.440. The van der Waals surface area contributed by atoms with Crippen molar-refractivity contribution in [3.63, 3.8) is 0 Å². The van der Waals surface area contributed by atoms with Crippen molar-refractivity contribution >= 4 is 0 Å². The van der Waals surface area contributed by atoms with Crippen molar-refractivity contribution in [3.05, 3.63) is 75.6 Å². The maximum absolute atomic E-state index is 12.4. The summed E-state index contributed by atoms with van der Waals surface area (Å²) in [6.07, 6.45) is 4.69. The molecule has 0 radical (unpaired) electrons. The summed E-state index contributed by atoms with van der Waals surface area (Å²) in [5.41, 5.74) is 4.01.